The summed E-state index contributed by atoms with van der Waals surface area (Å²) < 4.78 is 39.1. The van der Waals surface area contributed by atoms with Gasteiger partial charge >= 0.3 is 6.18 Å². The maximum absolute atomic E-state index is 13.0. The van der Waals surface area contributed by atoms with Gasteiger partial charge in [-0.15, -0.1) is 0 Å². The van der Waals surface area contributed by atoms with Gasteiger partial charge in [0.05, 0.1) is 22.3 Å². The van der Waals surface area contributed by atoms with E-state index < -0.39 is 12.0 Å². The molecule has 0 aliphatic rings. The van der Waals surface area contributed by atoms with Crippen molar-refractivity contribution in [1.29, 1.82) is 0 Å². The van der Waals surface area contributed by atoms with Crippen LogP contribution in [0.25, 0.3) is 21.9 Å². The average Bonchev–Trinajstić information content (AvgIpc) is 3.01. The van der Waals surface area contributed by atoms with Crippen molar-refractivity contribution in [2.24, 2.45) is 0 Å². The van der Waals surface area contributed by atoms with Crippen LogP contribution in [0.2, 0.25) is 0 Å². The first-order valence-corrected chi connectivity index (χ1v) is 8.40. The van der Waals surface area contributed by atoms with E-state index in [9.17, 15) is 13.2 Å². The Morgan fingerprint density at radius 2 is 1.60 bits per heavy atom. The maximum atomic E-state index is 13.0. The molecule has 0 saturated carbocycles. The fraction of sp³-hybridized carbons (Fsp3) is 0.118. The number of aromatic nitrogens is 4. The van der Waals surface area contributed by atoms with Crippen LogP contribution in [0.3, 0.4) is 0 Å². The summed E-state index contributed by atoms with van der Waals surface area (Å²) in [7, 11) is 0. The summed E-state index contributed by atoms with van der Waals surface area (Å²) in [6.45, 7) is 0. The molecule has 0 amide bonds. The molecule has 0 spiro atoms. The van der Waals surface area contributed by atoms with Gasteiger partial charge in [0.25, 0.3) is 0 Å². The molecule has 0 atom stereocenters. The van der Waals surface area contributed by atoms with Crippen LogP contribution < -0.4 is 0 Å². The molecule has 2 aromatic heterocycles. The highest BCUT2D eigenvalue weighted by molar-refractivity contribution is 7.98. The highest BCUT2D eigenvalue weighted by atomic mass is 32.2. The molecular formula is C17H11F3N4S. The second kappa shape index (κ2) is 6.03. The van der Waals surface area contributed by atoms with Crippen molar-refractivity contribution in [3.05, 3.63) is 60.2 Å². The van der Waals surface area contributed by atoms with Gasteiger partial charge in [-0.3, -0.25) is 0 Å². The number of H-pyrrole nitrogens is 1. The zero-order valence-corrected chi connectivity index (χ0v) is 13.5. The highest BCUT2D eigenvalue weighted by Gasteiger charge is 2.35. The fourth-order valence-corrected chi connectivity index (χ4v) is 3.38. The molecule has 126 valence electrons. The zero-order valence-electron chi connectivity index (χ0n) is 12.7. The Hall–Kier alpha value is -2.61. The predicted molar refractivity (Wildman–Crippen MR) is 90.2 cm³/mol. The number of hydrogen-bond donors (Lipinski definition) is 1. The number of hydrogen-bond acceptors (Lipinski definition) is 4. The van der Waals surface area contributed by atoms with E-state index in [0.29, 0.717) is 22.0 Å². The molecule has 0 saturated heterocycles. The van der Waals surface area contributed by atoms with E-state index in [-0.39, 0.29) is 5.52 Å². The van der Waals surface area contributed by atoms with E-state index in [1.54, 1.807) is 24.3 Å². The van der Waals surface area contributed by atoms with Gasteiger partial charge in [-0.25, -0.2) is 15.0 Å². The third kappa shape index (κ3) is 3.17. The van der Waals surface area contributed by atoms with Crippen molar-refractivity contribution in [2.45, 2.75) is 17.0 Å². The van der Waals surface area contributed by atoms with Crippen molar-refractivity contribution in [1.82, 2.24) is 19.9 Å². The van der Waals surface area contributed by atoms with Crippen LogP contribution in [0.1, 0.15) is 11.6 Å². The number of fused-ring (bicyclic) bond motifs is 2. The molecule has 0 unspecified atom stereocenters. The molecule has 2 heterocycles. The average molecular weight is 360 g/mol. The number of halogens is 3. The first-order valence-electron chi connectivity index (χ1n) is 7.41. The lowest BCUT2D eigenvalue weighted by Gasteiger charge is -2.09. The maximum Gasteiger partial charge on any atom is 0.451 e. The smallest absolute Gasteiger partial charge is 0.341 e. The van der Waals surface area contributed by atoms with Crippen molar-refractivity contribution in [3.8, 4) is 0 Å². The lowest BCUT2D eigenvalue weighted by atomic mass is 10.2. The molecule has 8 heteroatoms. The van der Waals surface area contributed by atoms with Crippen LogP contribution in [0.4, 0.5) is 13.2 Å². The van der Waals surface area contributed by atoms with Gasteiger partial charge in [0.1, 0.15) is 10.9 Å². The molecule has 0 aliphatic carbocycles. The summed E-state index contributed by atoms with van der Waals surface area (Å²) in [6.07, 6.45) is -4.58. The third-order valence-corrected chi connectivity index (χ3v) is 4.61. The molecule has 4 rings (SSSR count). The van der Waals surface area contributed by atoms with Crippen molar-refractivity contribution < 1.29 is 13.2 Å². The Balaban J connectivity index is 1.70. The standard InChI is InChI=1S/C17H11F3N4S/c18-17(19,20)16-23-11-6-2-1-5-10(11)15(24-16)25-9-14-21-12-7-3-4-8-13(12)22-14/h1-8H,9H2,(H,21,22). The molecular weight excluding hydrogens is 349 g/mol. The van der Waals surface area contributed by atoms with Gasteiger partial charge < -0.3 is 4.98 Å². The molecule has 0 radical (unpaired) electrons. The summed E-state index contributed by atoms with van der Waals surface area (Å²) in [6, 6.07) is 14.2. The number of benzene rings is 2. The first kappa shape index (κ1) is 15.9. The number of para-hydroxylation sites is 3. The van der Waals surface area contributed by atoms with Crippen molar-refractivity contribution in [2.75, 3.05) is 0 Å². The Morgan fingerprint density at radius 3 is 2.36 bits per heavy atom. The molecule has 4 aromatic rings. The lowest BCUT2D eigenvalue weighted by Crippen LogP contribution is -2.11. The van der Waals surface area contributed by atoms with E-state index in [1.807, 2.05) is 24.3 Å². The number of aromatic amines is 1. The second-order valence-electron chi connectivity index (χ2n) is 5.36. The molecule has 2 aromatic carbocycles. The Kier molecular flexibility index (Phi) is 3.84. The van der Waals surface area contributed by atoms with Crippen molar-refractivity contribution in [3.63, 3.8) is 0 Å². The van der Waals surface area contributed by atoms with Gasteiger partial charge in [-0.1, -0.05) is 42.1 Å². The third-order valence-electron chi connectivity index (χ3n) is 3.61. The normalized spacial score (nSPS) is 12.1. The number of thioether (sulfide) groups is 1. The SMILES string of the molecule is FC(F)(F)c1nc(SCc2nc3ccccc3[nH]2)c2ccccc2n1. The summed E-state index contributed by atoms with van der Waals surface area (Å²) in [5.74, 6) is -0.0618. The zero-order chi connectivity index (χ0) is 17.4. The predicted octanol–water partition coefficient (Wildman–Crippen LogP) is 4.82. The van der Waals surface area contributed by atoms with E-state index >= 15 is 0 Å². The van der Waals surface area contributed by atoms with E-state index in [2.05, 4.69) is 19.9 Å². The van der Waals surface area contributed by atoms with E-state index in [1.165, 1.54) is 11.8 Å². The summed E-state index contributed by atoms with van der Waals surface area (Å²) in [5, 5.41) is 0.884. The summed E-state index contributed by atoms with van der Waals surface area (Å²) in [4.78, 5) is 14.9. The minimum atomic E-state index is -4.58. The van der Waals surface area contributed by atoms with E-state index in [0.717, 1.165) is 11.0 Å². The molecule has 0 fully saturated rings. The Labute approximate surface area is 144 Å². The summed E-state index contributed by atoms with van der Waals surface area (Å²) >= 11 is 1.20. The highest BCUT2D eigenvalue weighted by Crippen LogP contribution is 2.33. The molecule has 0 bridgehead atoms. The number of rotatable bonds is 3. The fourth-order valence-electron chi connectivity index (χ4n) is 2.49. The monoisotopic (exact) mass is 360 g/mol. The van der Waals surface area contributed by atoms with E-state index in [4.69, 9.17) is 0 Å². The first-order chi connectivity index (χ1) is 12.0. The number of imidazole rings is 1. The quantitative estimate of drug-likeness (QED) is 0.420. The van der Waals surface area contributed by atoms with Crippen LogP contribution in [0, 0.1) is 0 Å². The van der Waals surface area contributed by atoms with Gasteiger partial charge in [-0.05, 0) is 18.2 Å². The van der Waals surface area contributed by atoms with Crippen LogP contribution in [0.5, 0.6) is 0 Å². The largest absolute Gasteiger partial charge is 0.451 e. The number of nitrogens with zero attached hydrogens (tertiary/aromatic N) is 3. The minimum absolute atomic E-state index is 0.275. The molecule has 4 nitrogen and oxygen atoms in total. The lowest BCUT2D eigenvalue weighted by molar-refractivity contribution is -0.145. The number of alkyl halides is 3. The Bertz CT molecular complexity index is 1030. The molecule has 0 aliphatic heterocycles. The van der Waals surface area contributed by atoms with Crippen molar-refractivity contribution >= 4 is 33.7 Å². The van der Waals surface area contributed by atoms with Crippen LogP contribution in [-0.2, 0) is 11.9 Å². The van der Waals surface area contributed by atoms with Gasteiger partial charge in [0, 0.05) is 5.39 Å². The van der Waals surface area contributed by atoms with Crippen LogP contribution >= 0.6 is 11.8 Å². The Morgan fingerprint density at radius 1 is 0.880 bits per heavy atom. The van der Waals surface area contributed by atoms with Gasteiger partial charge in [0.2, 0.25) is 5.82 Å². The van der Waals surface area contributed by atoms with Gasteiger partial charge in [-0.2, -0.15) is 13.2 Å². The molecule has 25 heavy (non-hydrogen) atoms. The number of nitrogens with one attached hydrogen (secondary N) is 1. The van der Waals surface area contributed by atoms with Crippen LogP contribution in [0.15, 0.2) is 53.6 Å². The van der Waals surface area contributed by atoms with Gasteiger partial charge in [0.15, 0.2) is 0 Å². The second-order valence-corrected chi connectivity index (χ2v) is 6.32. The topological polar surface area (TPSA) is 54.5 Å². The summed E-state index contributed by atoms with van der Waals surface area (Å²) in [5.41, 5.74) is 1.99. The minimum Gasteiger partial charge on any atom is -0.341 e. The van der Waals surface area contributed by atoms with Crippen LogP contribution in [-0.4, -0.2) is 19.9 Å². The molecule has 1 N–H and O–H groups in total.